The normalized spacial score (nSPS) is 10.5. The van der Waals surface area contributed by atoms with E-state index in [0.29, 0.717) is 24.3 Å². The first-order chi connectivity index (χ1) is 14.7. The lowest BCUT2D eigenvalue weighted by atomic mass is 10.1. The molecule has 30 heavy (non-hydrogen) atoms. The summed E-state index contributed by atoms with van der Waals surface area (Å²) in [5, 5.41) is 2.91. The SMILES string of the molecule is O=C(NCc1ccccc1)c1ccnc(Cn2ccc(-c3ccccc3)cc2=O)c1. The summed E-state index contributed by atoms with van der Waals surface area (Å²) in [5.41, 5.74) is 3.96. The summed E-state index contributed by atoms with van der Waals surface area (Å²) in [6.07, 6.45) is 3.35. The van der Waals surface area contributed by atoms with Crippen molar-refractivity contribution in [3.8, 4) is 11.1 Å². The molecule has 4 rings (SSSR count). The largest absolute Gasteiger partial charge is 0.348 e. The predicted molar refractivity (Wildman–Crippen MR) is 117 cm³/mol. The van der Waals surface area contributed by atoms with Crippen molar-refractivity contribution < 1.29 is 4.79 Å². The van der Waals surface area contributed by atoms with Crippen molar-refractivity contribution in [2.45, 2.75) is 13.1 Å². The van der Waals surface area contributed by atoms with Gasteiger partial charge in [0.1, 0.15) is 0 Å². The molecule has 0 aliphatic rings. The molecule has 2 aromatic heterocycles. The summed E-state index contributed by atoms with van der Waals surface area (Å²) in [7, 11) is 0. The Morgan fingerprint density at radius 1 is 0.867 bits per heavy atom. The molecule has 2 aromatic carbocycles. The van der Waals surface area contributed by atoms with Crippen LogP contribution in [0.3, 0.4) is 0 Å². The van der Waals surface area contributed by atoms with Crippen LogP contribution >= 0.6 is 0 Å². The molecule has 1 amide bonds. The Bertz CT molecular complexity index is 1200. The van der Waals surface area contributed by atoms with Crippen molar-refractivity contribution in [3.63, 3.8) is 0 Å². The molecular formula is C25H21N3O2. The molecule has 0 unspecified atom stereocenters. The quantitative estimate of drug-likeness (QED) is 0.539. The highest BCUT2D eigenvalue weighted by atomic mass is 16.1. The molecule has 0 aliphatic carbocycles. The summed E-state index contributed by atoms with van der Waals surface area (Å²) in [5.74, 6) is -0.172. The number of carbonyl (C=O) groups excluding carboxylic acids is 1. The van der Waals surface area contributed by atoms with Gasteiger partial charge >= 0.3 is 0 Å². The zero-order valence-electron chi connectivity index (χ0n) is 16.4. The molecular weight excluding hydrogens is 374 g/mol. The van der Waals surface area contributed by atoms with E-state index in [2.05, 4.69) is 10.3 Å². The van der Waals surface area contributed by atoms with Gasteiger partial charge in [0, 0.05) is 30.6 Å². The third-order valence-electron chi connectivity index (χ3n) is 4.81. The van der Waals surface area contributed by atoms with E-state index in [4.69, 9.17) is 0 Å². The molecule has 0 saturated carbocycles. The number of rotatable bonds is 6. The smallest absolute Gasteiger partial charge is 0.251 e. The number of aromatic nitrogens is 2. The number of nitrogens with zero attached hydrogens (tertiary/aromatic N) is 2. The Balaban J connectivity index is 1.46. The van der Waals surface area contributed by atoms with Crippen LogP contribution in [0.25, 0.3) is 11.1 Å². The number of hydrogen-bond donors (Lipinski definition) is 1. The molecule has 0 aliphatic heterocycles. The highest BCUT2D eigenvalue weighted by Gasteiger charge is 2.08. The molecule has 148 valence electrons. The monoisotopic (exact) mass is 395 g/mol. The van der Waals surface area contributed by atoms with Gasteiger partial charge in [-0.3, -0.25) is 14.6 Å². The molecule has 0 spiro atoms. The third kappa shape index (κ3) is 4.70. The summed E-state index contributed by atoms with van der Waals surface area (Å²) in [4.78, 5) is 29.4. The Labute approximate surface area is 174 Å². The standard InChI is InChI=1S/C25H21N3O2/c29-24-16-21(20-9-5-2-6-10-20)12-14-28(24)18-23-15-22(11-13-26-23)25(30)27-17-19-7-3-1-4-8-19/h1-16H,17-18H2,(H,27,30). The van der Waals surface area contributed by atoms with Crippen LogP contribution in [-0.2, 0) is 13.1 Å². The van der Waals surface area contributed by atoms with E-state index in [1.54, 1.807) is 35.2 Å². The van der Waals surface area contributed by atoms with Crippen molar-refractivity contribution in [1.29, 1.82) is 0 Å². The van der Waals surface area contributed by atoms with E-state index in [1.807, 2.05) is 66.7 Å². The number of amides is 1. The molecule has 4 aromatic rings. The number of carbonyl (C=O) groups is 1. The second-order valence-electron chi connectivity index (χ2n) is 6.95. The van der Waals surface area contributed by atoms with Gasteiger partial charge in [-0.2, -0.15) is 0 Å². The van der Waals surface area contributed by atoms with E-state index in [9.17, 15) is 9.59 Å². The van der Waals surface area contributed by atoms with Gasteiger partial charge in [-0.25, -0.2) is 0 Å². The number of hydrogen-bond acceptors (Lipinski definition) is 3. The first-order valence-corrected chi connectivity index (χ1v) is 9.72. The molecule has 0 atom stereocenters. The maximum absolute atomic E-state index is 12.6. The third-order valence-corrected chi connectivity index (χ3v) is 4.81. The van der Waals surface area contributed by atoms with Gasteiger partial charge in [0.25, 0.3) is 11.5 Å². The van der Waals surface area contributed by atoms with Gasteiger partial charge in [0.2, 0.25) is 0 Å². The maximum atomic E-state index is 12.6. The van der Waals surface area contributed by atoms with Crippen LogP contribution < -0.4 is 10.9 Å². The minimum Gasteiger partial charge on any atom is -0.348 e. The van der Waals surface area contributed by atoms with E-state index >= 15 is 0 Å². The fraction of sp³-hybridized carbons (Fsp3) is 0.0800. The van der Waals surface area contributed by atoms with E-state index in [1.165, 1.54) is 0 Å². The second kappa shape index (κ2) is 9.01. The Kier molecular flexibility index (Phi) is 5.80. The summed E-state index contributed by atoms with van der Waals surface area (Å²) < 4.78 is 1.58. The topological polar surface area (TPSA) is 64.0 Å². The summed E-state index contributed by atoms with van der Waals surface area (Å²) >= 11 is 0. The molecule has 0 bridgehead atoms. The molecule has 5 nitrogen and oxygen atoms in total. The van der Waals surface area contributed by atoms with Crippen LogP contribution in [0.2, 0.25) is 0 Å². The van der Waals surface area contributed by atoms with Crippen molar-refractivity contribution in [1.82, 2.24) is 14.9 Å². The zero-order valence-corrected chi connectivity index (χ0v) is 16.4. The number of benzene rings is 2. The van der Waals surface area contributed by atoms with Crippen LogP contribution in [0.5, 0.6) is 0 Å². The average molecular weight is 395 g/mol. The van der Waals surface area contributed by atoms with Crippen LogP contribution in [0, 0.1) is 0 Å². The van der Waals surface area contributed by atoms with Crippen LogP contribution in [0.1, 0.15) is 21.6 Å². The fourth-order valence-corrected chi connectivity index (χ4v) is 3.21. The molecule has 2 heterocycles. The van der Waals surface area contributed by atoms with E-state index in [0.717, 1.165) is 16.7 Å². The van der Waals surface area contributed by atoms with E-state index < -0.39 is 0 Å². The van der Waals surface area contributed by atoms with Crippen molar-refractivity contribution in [3.05, 3.63) is 124 Å². The van der Waals surface area contributed by atoms with Crippen molar-refractivity contribution in [2.75, 3.05) is 0 Å². The average Bonchev–Trinajstić information content (AvgIpc) is 2.80. The summed E-state index contributed by atoms with van der Waals surface area (Å²) in [6.45, 7) is 0.755. The van der Waals surface area contributed by atoms with Gasteiger partial charge in [-0.05, 0) is 34.9 Å². The van der Waals surface area contributed by atoms with Gasteiger partial charge in [-0.15, -0.1) is 0 Å². The van der Waals surface area contributed by atoms with Crippen molar-refractivity contribution in [2.24, 2.45) is 0 Å². The number of nitrogens with one attached hydrogen (secondary N) is 1. The van der Waals surface area contributed by atoms with Crippen molar-refractivity contribution >= 4 is 5.91 Å². The Morgan fingerprint density at radius 2 is 1.60 bits per heavy atom. The highest BCUT2D eigenvalue weighted by molar-refractivity contribution is 5.94. The zero-order chi connectivity index (χ0) is 20.8. The second-order valence-corrected chi connectivity index (χ2v) is 6.95. The van der Waals surface area contributed by atoms with Gasteiger partial charge in [-0.1, -0.05) is 60.7 Å². The van der Waals surface area contributed by atoms with Crippen LogP contribution in [0.4, 0.5) is 0 Å². The first-order valence-electron chi connectivity index (χ1n) is 9.72. The molecule has 1 N–H and O–H groups in total. The molecule has 0 fully saturated rings. The Hall–Kier alpha value is -3.99. The number of pyridine rings is 2. The van der Waals surface area contributed by atoms with Gasteiger partial charge in [0.15, 0.2) is 0 Å². The lowest BCUT2D eigenvalue weighted by Gasteiger charge is -2.09. The molecule has 0 saturated heterocycles. The van der Waals surface area contributed by atoms with Gasteiger partial charge in [0.05, 0.1) is 12.2 Å². The minimum absolute atomic E-state index is 0.114. The fourth-order valence-electron chi connectivity index (χ4n) is 3.21. The minimum atomic E-state index is -0.172. The lowest BCUT2D eigenvalue weighted by Crippen LogP contribution is -2.23. The van der Waals surface area contributed by atoms with Crippen LogP contribution in [-0.4, -0.2) is 15.5 Å². The Morgan fingerprint density at radius 3 is 2.33 bits per heavy atom. The van der Waals surface area contributed by atoms with Gasteiger partial charge < -0.3 is 9.88 Å². The first kappa shape index (κ1) is 19.3. The molecule has 0 radical (unpaired) electrons. The highest BCUT2D eigenvalue weighted by Crippen LogP contribution is 2.16. The lowest BCUT2D eigenvalue weighted by molar-refractivity contribution is 0.0950. The predicted octanol–water partition coefficient (Wildman–Crippen LogP) is 3.89. The maximum Gasteiger partial charge on any atom is 0.251 e. The summed E-state index contributed by atoms with van der Waals surface area (Å²) in [6, 6.07) is 26.4. The van der Waals surface area contributed by atoms with Crippen LogP contribution in [0.15, 0.2) is 102 Å². The van der Waals surface area contributed by atoms with E-state index in [-0.39, 0.29) is 11.5 Å². The molecule has 5 heteroatoms.